The van der Waals surface area contributed by atoms with E-state index in [-0.39, 0.29) is 12.4 Å². The first kappa shape index (κ1) is 25.5. The highest BCUT2D eigenvalue weighted by Gasteiger charge is 2.34. The molecule has 0 amide bonds. The number of nitrogens with one attached hydrogen (secondary N) is 1. The Hall–Kier alpha value is -2.52. The molecule has 1 N–H and O–H groups in total. The molecule has 166 valence electrons. The summed E-state index contributed by atoms with van der Waals surface area (Å²) in [5.41, 5.74) is -2.20. The Morgan fingerprint density at radius 3 is 2.53 bits per heavy atom. The van der Waals surface area contributed by atoms with Crippen LogP contribution in [-0.4, -0.2) is 57.7 Å². The van der Waals surface area contributed by atoms with Gasteiger partial charge in [-0.1, -0.05) is 18.2 Å². The van der Waals surface area contributed by atoms with Crippen LogP contribution >= 0.6 is 0 Å². The van der Waals surface area contributed by atoms with Gasteiger partial charge in [0.2, 0.25) is 5.88 Å². The fourth-order valence-corrected chi connectivity index (χ4v) is 2.64. The van der Waals surface area contributed by atoms with Gasteiger partial charge in [-0.2, -0.15) is 13.2 Å². The molecule has 1 fully saturated rings. The fourth-order valence-electron chi connectivity index (χ4n) is 2.64. The topological polar surface area (TPSA) is 53.9 Å². The number of aldehydes is 1. The molecule has 5 nitrogen and oxygen atoms in total. The minimum absolute atomic E-state index is 0.141. The molecule has 0 spiro atoms. The molecule has 0 unspecified atom stereocenters. The monoisotopic (exact) mass is 429 g/mol. The van der Waals surface area contributed by atoms with Crippen LogP contribution < -0.4 is 5.32 Å². The molecule has 30 heavy (non-hydrogen) atoms. The van der Waals surface area contributed by atoms with Gasteiger partial charge in [0.15, 0.2) is 6.29 Å². The molecule has 0 saturated carbocycles. The molecular weight excluding hydrogens is 402 g/mol. The molecule has 1 heterocycles. The summed E-state index contributed by atoms with van der Waals surface area (Å²) in [6, 6.07) is 2.37. The molecule has 9 heteroatoms. The number of piperidine rings is 1. The third-order valence-electron chi connectivity index (χ3n) is 4.28. The molecule has 0 radical (unpaired) electrons. The summed E-state index contributed by atoms with van der Waals surface area (Å²) in [6.45, 7) is 6.56. The van der Waals surface area contributed by atoms with E-state index in [1.54, 1.807) is 0 Å². The van der Waals surface area contributed by atoms with Crippen LogP contribution in [0.1, 0.15) is 28.8 Å². The Morgan fingerprint density at radius 2 is 2.03 bits per heavy atom. The molecular formula is C21H27F4N3O2. The van der Waals surface area contributed by atoms with Crippen LogP contribution in [0.2, 0.25) is 0 Å². The predicted molar refractivity (Wildman–Crippen MR) is 109 cm³/mol. The Bertz CT molecular complexity index is 740. The van der Waals surface area contributed by atoms with Gasteiger partial charge >= 0.3 is 6.18 Å². The number of hydrogen-bond acceptors (Lipinski definition) is 5. The van der Waals surface area contributed by atoms with E-state index in [1.165, 1.54) is 0 Å². The van der Waals surface area contributed by atoms with Crippen molar-refractivity contribution in [3.05, 3.63) is 59.3 Å². The zero-order valence-corrected chi connectivity index (χ0v) is 17.1. The van der Waals surface area contributed by atoms with Crippen LogP contribution in [0.3, 0.4) is 0 Å². The summed E-state index contributed by atoms with van der Waals surface area (Å²) in [5.74, 6) is -0.545. The number of rotatable bonds is 7. The number of halogens is 4. The van der Waals surface area contributed by atoms with Gasteiger partial charge in [0.1, 0.15) is 11.9 Å². The lowest BCUT2D eigenvalue weighted by Crippen LogP contribution is -2.34. The zero-order chi connectivity index (χ0) is 22.6. The highest BCUT2D eigenvalue weighted by atomic mass is 19.4. The number of ether oxygens (including phenoxy) is 1. The summed E-state index contributed by atoms with van der Waals surface area (Å²) in [6.07, 6.45) is 3.38. The van der Waals surface area contributed by atoms with Gasteiger partial charge in [-0.15, -0.1) is 0 Å². The number of likely N-dealkylation sites (N-methyl/N-ethyl adjacent to an activating group) is 1. The number of benzene rings is 1. The quantitative estimate of drug-likeness (QED) is 0.233. The van der Waals surface area contributed by atoms with Crippen molar-refractivity contribution >= 4 is 13.0 Å². The second-order valence-corrected chi connectivity index (χ2v) is 6.59. The first-order valence-corrected chi connectivity index (χ1v) is 9.37. The van der Waals surface area contributed by atoms with E-state index >= 15 is 0 Å². The first-order valence-electron chi connectivity index (χ1n) is 9.37. The summed E-state index contributed by atoms with van der Waals surface area (Å²) in [5, 5.41) is 3.04. The summed E-state index contributed by atoms with van der Waals surface area (Å²) in [7, 11) is 4.05. The van der Waals surface area contributed by atoms with Crippen LogP contribution in [-0.2, 0) is 10.9 Å². The van der Waals surface area contributed by atoms with Crippen LogP contribution in [0.4, 0.5) is 17.6 Å². The van der Waals surface area contributed by atoms with Crippen molar-refractivity contribution in [2.24, 2.45) is 4.99 Å². The van der Waals surface area contributed by atoms with Gasteiger partial charge in [-0.25, -0.2) is 9.38 Å². The number of hydrogen-bond donors (Lipinski definition) is 1. The molecule has 1 aromatic carbocycles. The molecule has 1 aliphatic heterocycles. The first-order chi connectivity index (χ1) is 14.2. The Labute approximate surface area is 174 Å². The van der Waals surface area contributed by atoms with Crippen molar-refractivity contribution in [3.8, 4) is 0 Å². The fraction of sp³-hybridized carbons (Fsp3) is 0.429. The van der Waals surface area contributed by atoms with Crippen molar-refractivity contribution in [2.75, 3.05) is 33.7 Å². The average molecular weight is 429 g/mol. The molecule has 2 rings (SSSR count). The van der Waals surface area contributed by atoms with E-state index in [1.807, 2.05) is 25.3 Å². The Morgan fingerprint density at radius 1 is 1.37 bits per heavy atom. The van der Waals surface area contributed by atoms with Gasteiger partial charge < -0.3 is 15.0 Å². The maximum atomic E-state index is 12.6. The van der Waals surface area contributed by atoms with E-state index in [2.05, 4.69) is 29.0 Å². The number of nitrogens with zero attached hydrogens (tertiary/aromatic N) is 2. The van der Waals surface area contributed by atoms with Crippen molar-refractivity contribution in [1.82, 2.24) is 10.2 Å². The summed E-state index contributed by atoms with van der Waals surface area (Å²) >= 11 is 0. The standard InChI is InChI=1S/C13H23N3O.C8H4F4O/c1-14-9-5-4-6-13(15-2)17-12-7-10-16(3)11-8-12;9-7-3-1-2-6(5(7)4-13)8(10,11)12/h4-6,12,14H,2,7-11H2,1,3H3;1-4H/b5-4-,13-6+;. The zero-order valence-electron chi connectivity index (χ0n) is 17.1. The van der Waals surface area contributed by atoms with Crippen LogP contribution in [0.15, 0.2) is 47.3 Å². The van der Waals surface area contributed by atoms with E-state index in [0.29, 0.717) is 11.9 Å². The number of likely N-dealkylation sites (tertiary alicyclic amines) is 1. The van der Waals surface area contributed by atoms with Crippen LogP contribution in [0.25, 0.3) is 0 Å². The van der Waals surface area contributed by atoms with E-state index < -0.39 is 23.1 Å². The van der Waals surface area contributed by atoms with Gasteiger partial charge in [0, 0.05) is 19.6 Å². The van der Waals surface area contributed by atoms with Gasteiger partial charge in [-0.3, -0.25) is 4.79 Å². The van der Waals surface area contributed by atoms with Crippen molar-refractivity contribution in [3.63, 3.8) is 0 Å². The molecule has 0 aromatic heterocycles. The SMILES string of the molecule is C=N/C(=C\C=C/CNC)OC1CCN(C)CC1.O=Cc1c(F)cccc1C(F)(F)F. The number of aliphatic imine (C=N–C) groups is 1. The van der Waals surface area contributed by atoms with Crippen molar-refractivity contribution < 1.29 is 27.1 Å². The highest BCUT2D eigenvalue weighted by molar-refractivity contribution is 5.78. The van der Waals surface area contributed by atoms with E-state index in [4.69, 9.17) is 4.74 Å². The Kier molecular flexibility index (Phi) is 11.0. The number of allylic oxidation sites excluding steroid dienone is 2. The third kappa shape index (κ3) is 8.87. The molecule has 1 aromatic rings. The molecule has 0 aliphatic carbocycles. The van der Waals surface area contributed by atoms with Crippen LogP contribution in [0, 0.1) is 5.82 Å². The lowest BCUT2D eigenvalue weighted by molar-refractivity contribution is -0.138. The maximum Gasteiger partial charge on any atom is 0.417 e. The van der Waals surface area contributed by atoms with Crippen LogP contribution in [0.5, 0.6) is 0 Å². The lowest BCUT2D eigenvalue weighted by atomic mass is 10.1. The largest absolute Gasteiger partial charge is 0.474 e. The molecule has 1 saturated heterocycles. The minimum atomic E-state index is -4.70. The number of carbonyl (C=O) groups is 1. The van der Waals surface area contributed by atoms with Crippen molar-refractivity contribution in [2.45, 2.75) is 25.1 Å². The maximum absolute atomic E-state index is 12.6. The normalized spacial score (nSPS) is 16.1. The molecule has 0 atom stereocenters. The van der Waals surface area contributed by atoms with Gasteiger partial charge in [-0.05, 0) is 51.9 Å². The van der Waals surface area contributed by atoms with Crippen molar-refractivity contribution in [1.29, 1.82) is 0 Å². The lowest BCUT2D eigenvalue weighted by Gasteiger charge is -2.29. The van der Waals surface area contributed by atoms with E-state index in [0.717, 1.165) is 44.6 Å². The van der Waals surface area contributed by atoms with E-state index in [9.17, 15) is 22.4 Å². The predicted octanol–water partition coefficient (Wildman–Crippen LogP) is 4.07. The minimum Gasteiger partial charge on any atom is -0.474 e. The van der Waals surface area contributed by atoms with Gasteiger partial charge in [0.25, 0.3) is 0 Å². The second kappa shape index (κ2) is 12.9. The Balaban J connectivity index is 0.000000311. The third-order valence-corrected chi connectivity index (χ3v) is 4.28. The average Bonchev–Trinajstić information content (AvgIpc) is 2.71. The number of alkyl halides is 3. The second-order valence-electron chi connectivity index (χ2n) is 6.59. The molecule has 1 aliphatic rings. The van der Waals surface area contributed by atoms with Gasteiger partial charge in [0.05, 0.1) is 11.1 Å². The highest BCUT2D eigenvalue weighted by Crippen LogP contribution is 2.32. The molecule has 0 bridgehead atoms. The summed E-state index contributed by atoms with van der Waals surface area (Å²) < 4.78 is 54.7. The number of carbonyl (C=O) groups excluding carboxylic acids is 1. The smallest absolute Gasteiger partial charge is 0.417 e. The summed E-state index contributed by atoms with van der Waals surface area (Å²) in [4.78, 5) is 16.4.